The van der Waals surface area contributed by atoms with Gasteiger partial charge in [0.2, 0.25) is 0 Å². The summed E-state index contributed by atoms with van der Waals surface area (Å²) in [5.74, 6) is -1.53. The monoisotopic (exact) mass is 331 g/mol. The number of carbonyl (C=O) groups is 1. The van der Waals surface area contributed by atoms with E-state index in [1.807, 2.05) is 47.6 Å². The summed E-state index contributed by atoms with van der Waals surface area (Å²) in [6.07, 6.45) is 0. The maximum atomic E-state index is 12.2. The molecule has 4 nitrogen and oxygen atoms in total. The van der Waals surface area contributed by atoms with Gasteiger partial charge in [0.1, 0.15) is 0 Å². The molecule has 0 fully saturated rings. The largest absolute Gasteiger partial charge is 2.00 e. The van der Waals surface area contributed by atoms with Crippen LogP contribution in [-0.4, -0.2) is 16.6 Å². The summed E-state index contributed by atoms with van der Waals surface area (Å²) in [4.78, 5) is 11.2. The van der Waals surface area contributed by atoms with Gasteiger partial charge in [-0.05, 0) is 28.0 Å². The van der Waals surface area contributed by atoms with Gasteiger partial charge in [0.05, 0.1) is 5.56 Å². The third kappa shape index (κ3) is 4.57. The molecule has 0 heterocycles. The molecule has 0 aliphatic carbocycles. The summed E-state index contributed by atoms with van der Waals surface area (Å²) in [6.45, 7) is 11.8. The fourth-order valence-electron chi connectivity index (χ4n) is 1.78. The molecule has 0 spiro atoms. The van der Waals surface area contributed by atoms with E-state index in [1.54, 1.807) is 0 Å². The minimum absolute atomic E-state index is 0. The van der Waals surface area contributed by atoms with Crippen molar-refractivity contribution in [3.63, 3.8) is 0 Å². The Labute approximate surface area is 133 Å². The Bertz CT molecular complexity index is 482. The molecule has 20 heavy (non-hydrogen) atoms. The van der Waals surface area contributed by atoms with Crippen molar-refractivity contribution in [3.8, 4) is 5.75 Å². The van der Waals surface area contributed by atoms with Crippen LogP contribution in [0.25, 0.3) is 0 Å². The third-order valence-corrected chi connectivity index (χ3v) is 2.99. The molecule has 0 unspecified atom stereocenters. The Balaban J connectivity index is 0. The van der Waals surface area contributed by atoms with Crippen LogP contribution < -0.4 is 5.11 Å². The summed E-state index contributed by atoms with van der Waals surface area (Å²) in [5.41, 5.74) is 0.768. The zero-order valence-corrected chi connectivity index (χ0v) is 16.1. The number of benzene rings is 1. The third-order valence-electron chi connectivity index (χ3n) is 2.99. The summed E-state index contributed by atoms with van der Waals surface area (Å²) in [5, 5.41) is 21.3. The first-order valence-corrected chi connectivity index (χ1v) is 6.04. The number of hydrogen-bond donors (Lipinski definition) is 1. The van der Waals surface area contributed by atoms with E-state index in [1.165, 1.54) is 6.07 Å². The zero-order chi connectivity index (χ0) is 14.3. The van der Waals surface area contributed by atoms with Crippen molar-refractivity contribution in [2.24, 2.45) is 0 Å². The minimum Gasteiger partial charge on any atom is -0.872 e. The summed E-state index contributed by atoms with van der Waals surface area (Å²) < 4.78 is 0. The van der Waals surface area contributed by atoms with Crippen molar-refractivity contribution in [3.05, 3.63) is 28.8 Å². The van der Waals surface area contributed by atoms with Gasteiger partial charge in [-0.25, -0.2) is 4.79 Å². The maximum Gasteiger partial charge on any atom is 2.00 e. The second kappa shape index (κ2) is 6.68. The van der Waals surface area contributed by atoms with E-state index < -0.39 is 5.97 Å². The Kier molecular flexibility index (Phi) is 7.14. The molecule has 1 rings (SSSR count). The number of rotatable bonds is 1. The van der Waals surface area contributed by atoms with E-state index in [4.69, 9.17) is 5.11 Å². The van der Waals surface area contributed by atoms with Crippen molar-refractivity contribution in [1.29, 1.82) is 0 Å². The van der Waals surface area contributed by atoms with Crippen LogP contribution in [-0.2, 0) is 30.3 Å². The molecular weight excluding hydrogens is 310 g/mol. The molecule has 5 heteroatoms. The van der Waals surface area contributed by atoms with Crippen LogP contribution in [0.4, 0.5) is 0 Å². The SMILES string of the molecule is CC(C)(C)c1cc(C(=O)O)c([O-])c(C(C)(C)C)c1.O.[Zn+2]. The van der Waals surface area contributed by atoms with Crippen LogP contribution in [0, 0.1) is 0 Å². The first-order valence-electron chi connectivity index (χ1n) is 6.04. The zero-order valence-electron chi connectivity index (χ0n) is 13.1. The van der Waals surface area contributed by atoms with E-state index in [2.05, 4.69) is 0 Å². The van der Waals surface area contributed by atoms with Crippen LogP contribution >= 0.6 is 0 Å². The van der Waals surface area contributed by atoms with Crippen molar-refractivity contribution in [2.75, 3.05) is 0 Å². The van der Waals surface area contributed by atoms with Gasteiger partial charge in [-0.1, -0.05) is 53.4 Å². The van der Waals surface area contributed by atoms with Crippen LogP contribution in [0.1, 0.15) is 63.0 Å². The van der Waals surface area contributed by atoms with Crippen molar-refractivity contribution in [2.45, 2.75) is 52.4 Å². The summed E-state index contributed by atoms with van der Waals surface area (Å²) in [7, 11) is 0. The summed E-state index contributed by atoms with van der Waals surface area (Å²) in [6, 6.07) is 3.34. The fraction of sp³-hybridized carbons (Fsp3) is 0.533. The molecule has 0 atom stereocenters. The van der Waals surface area contributed by atoms with Gasteiger partial charge < -0.3 is 15.7 Å². The number of carboxylic acids is 1. The van der Waals surface area contributed by atoms with Gasteiger partial charge in [-0.15, -0.1) is 0 Å². The van der Waals surface area contributed by atoms with Crippen molar-refractivity contribution in [1.82, 2.24) is 0 Å². The Morgan fingerprint density at radius 3 is 1.80 bits per heavy atom. The first kappa shape index (κ1) is 21.4. The van der Waals surface area contributed by atoms with Gasteiger partial charge in [0.15, 0.2) is 0 Å². The number of aromatic carboxylic acids is 1. The Hall–Kier alpha value is -0.927. The Morgan fingerprint density at radius 1 is 1.05 bits per heavy atom. The molecule has 0 aliphatic rings. The quantitative estimate of drug-likeness (QED) is 0.799. The predicted octanol–water partition coefficient (Wildman–Crippen LogP) is 2.23. The Morgan fingerprint density at radius 2 is 1.50 bits per heavy atom. The minimum atomic E-state index is -1.16. The maximum absolute atomic E-state index is 12.2. The van der Waals surface area contributed by atoms with Gasteiger partial charge in [0.25, 0.3) is 0 Å². The molecule has 0 bridgehead atoms. The molecule has 0 aliphatic heterocycles. The van der Waals surface area contributed by atoms with E-state index >= 15 is 0 Å². The normalized spacial score (nSPS) is 11.3. The smallest absolute Gasteiger partial charge is 0.872 e. The molecule has 0 saturated carbocycles. The van der Waals surface area contributed by atoms with Crippen LogP contribution in [0.3, 0.4) is 0 Å². The van der Waals surface area contributed by atoms with Gasteiger partial charge in [-0.3, -0.25) is 0 Å². The molecule has 3 N–H and O–H groups in total. The predicted molar refractivity (Wildman–Crippen MR) is 73.9 cm³/mol. The number of carboxylic acid groups (broad SMARTS) is 1. The number of hydrogen-bond acceptors (Lipinski definition) is 2. The summed E-state index contributed by atoms with van der Waals surface area (Å²) >= 11 is 0. The molecular formula is C15H23O4Zn+. The second-order valence-corrected chi connectivity index (χ2v) is 6.71. The van der Waals surface area contributed by atoms with Gasteiger partial charge >= 0.3 is 25.4 Å². The molecule has 0 amide bonds. The van der Waals surface area contributed by atoms with Crippen LogP contribution in [0.15, 0.2) is 12.1 Å². The molecule has 0 radical (unpaired) electrons. The molecule has 1 aromatic rings. The average Bonchev–Trinajstić information content (AvgIpc) is 2.13. The van der Waals surface area contributed by atoms with Gasteiger partial charge in [0, 0.05) is 0 Å². The standard InChI is InChI=1S/C15H22O3.H2O.Zn/c1-14(2,3)9-7-10(13(17)18)12(16)11(8-9)15(4,5)6;;/h7-8,16H,1-6H3,(H,17,18);1H2;/q;;+2/p-1. The van der Waals surface area contributed by atoms with Crippen molar-refractivity contribution < 1.29 is 40.0 Å². The molecule has 108 valence electrons. The van der Waals surface area contributed by atoms with Gasteiger partial charge in [-0.2, -0.15) is 0 Å². The molecule has 1 aromatic carbocycles. The van der Waals surface area contributed by atoms with Crippen LogP contribution in [0.2, 0.25) is 0 Å². The van der Waals surface area contributed by atoms with E-state index in [0.29, 0.717) is 5.56 Å². The average molecular weight is 333 g/mol. The fourth-order valence-corrected chi connectivity index (χ4v) is 1.78. The van der Waals surface area contributed by atoms with E-state index in [9.17, 15) is 9.90 Å². The topological polar surface area (TPSA) is 91.9 Å². The van der Waals surface area contributed by atoms with E-state index in [0.717, 1.165) is 5.56 Å². The van der Waals surface area contributed by atoms with E-state index in [-0.39, 0.29) is 47.1 Å². The molecule has 0 aromatic heterocycles. The van der Waals surface area contributed by atoms with Crippen LogP contribution in [0.5, 0.6) is 5.75 Å². The van der Waals surface area contributed by atoms with Crippen molar-refractivity contribution >= 4 is 5.97 Å². The molecule has 0 saturated heterocycles. The first-order chi connectivity index (χ1) is 7.94. The second-order valence-electron chi connectivity index (χ2n) is 6.71.